The van der Waals surface area contributed by atoms with Crippen LogP contribution in [0.5, 0.6) is 0 Å². The van der Waals surface area contributed by atoms with Gasteiger partial charge in [0, 0.05) is 23.7 Å². The molecule has 0 aliphatic heterocycles. The third-order valence-electron chi connectivity index (χ3n) is 2.52. The molecule has 8 heteroatoms. The van der Waals surface area contributed by atoms with Crippen LogP contribution in [0.1, 0.15) is 5.56 Å². The SMILES string of the molecule is O=S(=O)(NCc1cc[n+]([O-])cc1)c1cc(Cl)ccc1Cl. The molecule has 1 heterocycles. The van der Waals surface area contributed by atoms with Gasteiger partial charge in [-0.3, -0.25) is 0 Å². The van der Waals surface area contributed by atoms with Gasteiger partial charge in [-0.15, -0.1) is 0 Å². The fraction of sp³-hybridized carbons (Fsp3) is 0.0833. The summed E-state index contributed by atoms with van der Waals surface area (Å²) in [5.41, 5.74) is 0.652. The van der Waals surface area contributed by atoms with Crippen LogP contribution in [-0.4, -0.2) is 8.42 Å². The summed E-state index contributed by atoms with van der Waals surface area (Å²) in [7, 11) is -3.77. The molecule has 0 bridgehead atoms. The van der Waals surface area contributed by atoms with E-state index in [1.54, 1.807) is 0 Å². The Hall–Kier alpha value is -1.34. The maximum atomic E-state index is 12.1. The largest absolute Gasteiger partial charge is 0.619 e. The minimum Gasteiger partial charge on any atom is -0.619 e. The Morgan fingerprint density at radius 3 is 2.45 bits per heavy atom. The van der Waals surface area contributed by atoms with Gasteiger partial charge in [0.2, 0.25) is 10.0 Å². The molecule has 0 unspecified atom stereocenters. The fourth-order valence-corrected chi connectivity index (χ4v) is 3.28. The number of nitrogens with zero attached hydrogens (tertiary/aromatic N) is 1. The summed E-state index contributed by atoms with van der Waals surface area (Å²) in [6, 6.07) is 7.25. The van der Waals surface area contributed by atoms with Gasteiger partial charge in [-0.1, -0.05) is 23.2 Å². The average molecular weight is 333 g/mol. The van der Waals surface area contributed by atoms with Gasteiger partial charge in [-0.2, -0.15) is 4.73 Å². The van der Waals surface area contributed by atoms with E-state index in [-0.39, 0.29) is 21.5 Å². The molecular weight excluding hydrogens is 323 g/mol. The summed E-state index contributed by atoms with van der Waals surface area (Å²) >= 11 is 11.6. The molecule has 106 valence electrons. The highest BCUT2D eigenvalue weighted by Gasteiger charge is 2.18. The summed E-state index contributed by atoms with van der Waals surface area (Å²) in [4.78, 5) is -0.0820. The summed E-state index contributed by atoms with van der Waals surface area (Å²) in [5.74, 6) is 0. The Morgan fingerprint density at radius 2 is 1.80 bits per heavy atom. The number of halogens is 2. The van der Waals surface area contributed by atoms with Crippen LogP contribution in [0.3, 0.4) is 0 Å². The van der Waals surface area contributed by atoms with Crippen molar-refractivity contribution < 1.29 is 13.1 Å². The van der Waals surface area contributed by atoms with E-state index in [4.69, 9.17) is 23.2 Å². The number of benzene rings is 1. The van der Waals surface area contributed by atoms with Gasteiger partial charge in [-0.05, 0) is 23.8 Å². The van der Waals surface area contributed by atoms with Crippen molar-refractivity contribution in [3.8, 4) is 0 Å². The quantitative estimate of drug-likeness (QED) is 0.688. The van der Waals surface area contributed by atoms with Crippen molar-refractivity contribution in [2.45, 2.75) is 11.4 Å². The highest BCUT2D eigenvalue weighted by molar-refractivity contribution is 7.89. The summed E-state index contributed by atoms with van der Waals surface area (Å²) in [6.45, 7) is 0.0476. The molecule has 0 spiro atoms. The molecule has 0 aliphatic carbocycles. The van der Waals surface area contributed by atoms with Crippen molar-refractivity contribution in [2.75, 3.05) is 0 Å². The lowest BCUT2D eigenvalue weighted by atomic mass is 10.3. The molecule has 0 aliphatic rings. The second kappa shape index (κ2) is 5.97. The Balaban J connectivity index is 2.19. The summed E-state index contributed by atoms with van der Waals surface area (Å²) < 4.78 is 27.3. The number of sulfonamides is 1. The fourth-order valence-electron chi connectivity index (χ4n) is 1.50. The van der Waals surface area contributed by atoms with Crippen LogP contribution in [0, 0.1) is 5.21 Å². The molecule has 1 N–H and O–H groups in total. The molecule has 0 saturated heterocycles. The van der Waals surface area contributed by atoms with Crippen LogP contribution in [0.15, 0.2) is 47.6 Å². The smallest absolute Gasteiger partial charge is 0.242 e. The van der Waals surface area contributed by atoms with Crippen LogP contribution < -0.4 is 9.45 Å². The van der Waals surface area contributed by atoms with Gasteiger partial charge in [0.25, 0.3) is 0 Å². The first kappa shape index (κ1) is 15.1. The first-order chi connectivity index (χ1) is 9.38. The second-order valence-electron chi connectivity index (χ2n) is 3.97. The van der Waals surface area contributed by atoms with Gasteiger partial charge in [0.05, 0.1) is 5.02 Å². The first-order valence-electron chi connectivity index (χ1n) is 5.51. The summed E-state index contributed by atoms with van der Waals surface area (Å²) in [5, 5.41) is 11.2. The van der Waals surface area contributed by atoms with Crippen LogP contribution in [-0.2, 0) is 16.6 Å². The molecule has 0 amide bonds. The minimum atomic E-state index is -3.77. The molecule has 5 nitrogen and oxygen atoms in total. The van der Waals surface area contributed by atoms with Crippen LogP contribution in [0.25, 0.3) is 0 Å². The molecule has 1 aromatic heterocycles. The number of rotatable bonds is 4. The summed E-state index contributed by atoms with van der Waals surface area (Å²) in [6.07, 6.45) is 2.58. The van der Waals surface area contributed by atoms with Crippen LogP contribution >= 0.6 is 23.2 Å². The van der Waals surface area contributed by atoms with Crippen molar-refractivity contribution >= 4 is 33.2 Å². The number of aromatic nitrogens is 1. The lowest BCUT2D eigenvalue weighted by molar-refractivity contribution is -0.605. The number of pyridine rings is 1. The van der Waals surface area contributed by atoms with Gasteiger partial charge in [-0.25, -0.2) is 13.1 Å². The number of nitrogens with one attached hydrogen (secondary N) is 1. The molecular formula is C12H10Cl2N2O3S. The Bertz CT molecular complexity index is 718. The lowest BCUT2D eigenvalue weighted by Gasteiger charge is -2.08. The molecule has 0 saturated carbocycles. The zero-order valence-electron chi connectivity index (χ0n) is 10.1. The topological polar surface area (TPSA) is 73.1 Å². The Kier molecular flexibility index (Phi) is 4.49. The van der Waals surface area contributed by atoms with Gasteiger partial charge < -0.3 is 5.21 Å². The van der Waals surface area contributed by atoms with E-state index < -0.39 is 10.0 Å². The van der Waals surface area contributed by atoms with Gasteiger partial charge in [0.1, 0.15) is 4.90 Å². The van der Waals surface area contributed by atoms with E-state index >= 15 is 0 Å². The predicted molar refractivity (Wildman–Crippen MR) is 75.9 cm³/mol. The standard InChI is InChI=1S/C12H10Cl2N2O3S/c13-10-1-2-11(14)12(7-10)20(18,19)15-8-9-3-5-16(17)6-4-9/h1-7,15H,8H2. The lowest BCUT2D eigenvalue weighted by Crippen LogP contribution is -2.26. The number of hydrogen-bond acceptors (Lipinski definition) is 3. The predicted octanol–water partition coefficient (Wildman–Crippen LogP) is 2.11. The van der Waals surface area contributed by atoms with Crippen molar-refractivity contribution in [2.24, 2.45) is 0 Å². The van der Waals surface area contributed by atoms with Gasteiger partial charge >= 0.3 is 0 Å². The Morgan fingerprint density at radius 1 is 1.15 bits per heavy atom. The molecule has 0 atom stereocenters. The Labute approximate surface area is 126 Å². The third kappa shape index (κ3) is 3.61. The highest BCUT2D eigenvalue weighted by atomic mass is 35.5. The zero-order valence-corrected chi connectivity index (χ0v) is 12.4. The molecule has 0 radical (unpaired) electrons. The van der Waals surface area contributed by atoms with Crippen LogP contribution in [0.2, 0.25) is 10.0 Å². The molecule has 2 rings (SSSR count). The third-order valence-corrected chi connectivity index (χ3v) is 4.64. The van der Waals surface area contributed by atoms with Crippen molar-refractivity contribution in [3.05, 3.63) is 63.5 Å². The minimum absolute atomic E-state index is 0.0476. The number of hydrogen-bond donors (Lipinski definition) is 1. The highest BCUT2D eigenvalue weighted by Crippen LogP contribution is 2.24. The first-order valence-corrected chi connectivity index (χ1v) is 7.75. The van der Waals surface area contributed by atoms with E-state index in [1.165, 1.54) is 42.7 Å². The zero-order chi connectivity index (χ0) is 14.8. The van der Waals surface area contributed by atoms with E-state index in [9.17, 15) is 13.6 Å². The molecule has 20 heavy (non-hydrogen) atoms. The van der Waals surface area contributed by atoms with Crippen LogP contribution in [0.4, 0.5) is 0 Å². The molecule has 0 fully saturated rings. The van der Waals surface area contributed by atoms with E-state index in [0.717, 1.165) is 0 Å². The molecule has 1 aromatic carbocycles. The van der Waals surface area contributed by atoms with E-state index in [2.05, 4.69) is 4.72 Å². The normalized spacial score (nSPS) is 11.5. The van der Waals surface area contributed by atoms with Crippen molar-refractivity contribution in [3.63, 3.8) is 0 Å². The maximum absolute atomic E-state index is 12.1. The van der Waals surface area contributed by atoms with E-state index in [1.807, 2.05) is 0 Å². The maximum Gasteiger partial charge on any atom is 0.242 e. The van der Waals surface area contributed by atoms with Gasteiger partial charge in [0.15, 0.2) is 12.4 Å². The van der Waals surface area contributed by atoms with E-state index in [0.29, 0.717) is 10.3 Å². The van der Waals surface area contributed by atoms with Crippen molar-refractivity contribution in [1.29, 1.82) is 0 Å². The second-order valence-corrected chi connectivity index (χ2v) is 6.54. The average Bonchev–Trinajstić information content (AvgIpc) is 2.41. The molecule has 2 aromatic rings. The monoisotopic (exact) mass is 332 g/mol. The van der Waals surface area contributed by atoms with Crippen molar-refractivity contribution in [1.82, 2.24) is 4.72 Å².